The average molecular weight is 174 g/mol. The van der Waals surface area contributed by atoms with Crippen LogP contribution >= 0.6 is 0 Å². The van der Waals surface area contributed by atoms with E-state index in [9.17, 15) is 4.79 Å². The summed E-state index contributed by atoms with van der Waals surface area (Å²) in [6.45, 7) is 3.60. The van der Waals surface area contributed by atoms with Gasteiger partial charge in [0.1, 0.15) is 5.78 Å². The van der Waals surface area contributed by atoms with Crippen LogP contribution in [0.15, 0.2) is 30.3 Å². The average Bonchev–Trinajstić information content (AvgIpc) is 2.08. The van der Waals surface area contributed by atoms with E-state index in [1.54, 1.807) is 6.92 Å². The molecule has 1 rings (SSSR count). The molecule has 13 heavy (non-hydrogen) atoms. The van der Waals surface area contributed by atoms with Gasteiger partial charge in [-0.15, -0.1) is 0 Å². The minimum atomic E-state index is 0.207. The fourth-order valence-electron chi connectivity index (χ4n) is 1.23. The molecule has 0 spiro atoms. The fraction of sp³-hybridized carbons (Fsp3) is 0.250. The van der Waals surface area contributed by atoms with Gasteiger partial charge >= 0.3 is 0 Å². The molecule has 1 aromatic carbocycles. The van der Waals surface area contributed by atoms with E-state index in [4.69, 9.17) is 0 Å². The molecule has 0 atom stereocenters. The van der Waals surface area contributed by atoms with Crippen LogP contribution in [0.3, 0.4) is 0 Å². The van der Waals surface area contributed by atoms with Crippen molar-refractivity contribution in [2.24, 2.45) is 0 Å². The van der Waals surface area contributed by atoms with Gasteiger partial charge in [-0.1, -0.05) is 36.4 Å². The first-order chi connectivity index (χ1) is 6.22. The van der Waals surface area contributed by atoms with Crippen molar-refractivity contribution in [2.75, 3.05) is 0 Å². The van der Waals surface area contributed by atoms with E-state index < -0.39 is 0 Å². The molecule has 0 aliphatic carbocycles. The summed E-state index contributed by atoms with van der Waals surface area (Å²) >= 11 is 0. The van der Waals surface area contributed by atoms with Crippen molar-refractivity contribution >= 4 is 11.9 Å². The third-order valence-corrected chi connectivity index (χ3v) is 1.79. The molecule has 0 N–H and O–H groups in total. The van der Waals surface area contributed by atoms with Gasteiger partial charge in [-0.2, -0.15) is 0 Å². The van der Waals surface area contributed by atoms with Gasteiger partial charge in [-0.05, 0) is 25.0 Å². The van der Waals surface area contributed by atoms with Gasteiger partial charge in [0.05, 0.1) is 0 Å². The van der Waals surface area contributed by atoms with E-state index in [1.807, 2.05) is 43.3 Å². The van der Waals surface area contributed by atoms with Gasteiger partial charge < -0.3 is 0 Å². The third kappa shape index (κ3) is 3.24. The predicted molar refractivity (Wildman–Crippen MR) is 55.5 cm³/mol. The molecule has 0 saturated carbocycles. The van der Waals surface area contributed by atoms with Crippen LogP contribution in [0.2, 0.25) is 0 Å². The van der Waals surface area contributed by atoms with Crippen LogP contribution < -0.4 is 0 Å². The van der Waals surface area contributed by atoms with Crippen molar-refractivity contribution in [3.05, 3.63) is 41.5 Å². The van der Waals surface area contributed by atoms with E-state index in [0.717, 1.165) is 5.56 Å². The Morgan fingerprint density at radius 3 is 2.38 bits per heavy atom. The van der Waals surface area contributed by atoms with Crippen LogP contribution in [0.5, 0.6) is 0 Å². The van der Waals surface area contributed by atoms with Crippen molar-refractivity contribution in [3.8, 4) is 0 Å². The molecule has 0 aromatic heterocycles. The quantitative estimate of drug-likeness (QED) is 0.688. The highest BCUT2D eigenvalue weighted by Crippen LogP contribution is 2.06. The summed E-state index contributed by atoms with van der Waals surface area (Å²) in [6, 6.07) is 8.05. The SMILES string of the molecule is CC=Cc1ccc(CC(C)=O)cc1. The van der Waals surface area contributed by atoms with E-state index >= 15 is 0 Å². The number of Topliss-reactive ketones (excluding diaryl/α,β-unsaturated/α-hetero) is 1. The zero-order valence-corrected chi connectivity index (χ0v) is 8.08. The van der Waals surface area contributed by atoms with Crippen LogP contribution in [0.1, 0.15) is 25.0 Å². The third-order valence-electron chi connectivity index (χ3n) is 1.79. The molecule has 0 unspecified atom stereocenters. The Hall–Kier alpha value is -1.37. The molecule has 0 fully saturated rings. The molecule has 0 heterocycles. The number of ketones is 1. The molecule has 0 radical (unpaired) electrons. The Morgan fingerprint density at radius 1 is 1.31 bits per heavy atom. The molecule has 1 heteroatoms. The Kier molecular flexibility index (Phi) is 3.44. The molecule has 68 valence electrons. The zero-order chi connectivity index (χ0) is 9.68. The molecule has 0 aliphatic rings. The predicted octanol–water partition coefficient (Wildman–Crippen LogP) is 2.85. The molecule has 0 amide bonds. The molecular formula is C12H14O. The maximum Gasteiger partial charge on any atom is 0.134 e. The van der Waals surface area contributed by atoms with Gasteiger partial charge in [0.25, 0.3) is 0 Å². The lowest BCUT2D eigenvalue weighted by molar-refractivity contribution is -0.116. The van der Waals surface area contributed by atoms with Gasteiger partial charge in [-0.3, -0.25) is 4.79 Å². The molecule has 0 aliphatic heterocycles. The van der Waals surface area contributed by atoms with Gasteiger partial charge in [0.15, 0.2) is 0 Å². The van der Waals surface area contributed by atoms with Crippen LogP contribution in [0.25, 0.3) is 6.08 Å². The first-order valence-electron chi connectivity index (χ1n) is 4.43. The Morgan fingerprint density at radius 2 is 1.92 bits per heavy atom. The smallest absolute Gasteiger partial charge is 0.134 e. The van der Waals surface area contributed by atoms with Gasteiger partial charge in [0, 0.05) is 6.42 Å². The Labute approximate surface area is 79.1 Å². The lowest BCUT2D eigenvalue weighted by Crippen LogP contribution is -1.95. The van der Waals surface area contributed by atoms with Crippen molar-refractivity contribution in [1.82, 2.24) is 0 Å². The van der Waals surface area contributed by atoms with Crippen molar-refractivity contribution in [3.63, 3.8) is 0 Å². The molecular weight excluding hydrogens is 160 g/mol. The Bertz CT molecular complexity index is 306. The molecule has 1 nitrogen and oxygen atoms in total. The lowest BCUT2D eigenvalue weighted by Gasteiger charge is -1.98. The van der Waals surface area contributed by atoms with Crippen molar-refractivity contribution < 1.29 is 4.79 Å². The van der Waals surface area contributed by atoms with E-state index in [-0.39, 0.29) is 5.78 Å². The highest BCUT2D eigenvalue weighted by Gasteiger charge is 1.95. The number of carbonyl (C=O) groups excluding carboxylic acids is 1. The van der Waals surface area contributed by atoms with Crippen molar-refractivity contribution in [2.45, 2.75) is 20.3 Å². The van der Waals surface area contributed by atoms with E-state index in [1.165, 1.54) is 5.56 Å². The molecule has 0 saturated heterocycles. The summed E-state index contributed by atoms with van der Waals surface area (Å²) in [6.07, 6.45) is 4.58. The summed E-state index contributed by atoms with van der Waals surface area (Å²) in [7, 11) is 0. The van der Waals surface area contributed by atoms with Crippen LogP contribution in [-0.4, -0.2) is 5.78 Å². The fourth-order valence-corrected chi connectivity index (χ4v) is 1.23. The largest absolute Gasteiger partial charge is 0.300 e. The number of benzene rings is 1. The number of carbonyl (C=O) groups is 1. The first-order valence-corrected chi connectivity index (χ1v) is 4.43. The summed E-state index contributed by atoms with van der Waals surface area (Å²) in [5.74, 6) is 0.207. The monoisotopic (exact) mass is 174 g/mol. The number of rotatable bonds is 3. The second-order valence-corrected chi connectivity index (χ2v) is 3.12. The van der Waals surface area contributed by atoms with E-state index in [0.29, 0.717) is 6.42 Å². The highest BCUT2D eigenvalue weighted by molar-refractivity contribution is 5.78. The maximum absolute atomic E-state index is 10.8. The summed E-state index contributed by atoms with van der Waals surface area (Å²) < 4.78 is 0. The number of hydrogen-bond acceptors (Lipinski definition) is 1. The standard InChI is InChI=1S/C12H14O/c1-3-4-11-5-7-12(8-6-11)9-10(2)13/h3-8H,9H2,1-2H3. The Balaban J connectivity index is 2.75. The van der Waals surface area contributed by atoms with Crippen LogP contribution in [0.4, 0.5) is 0 Å². The van der Waals surface area contributed by atoms with Gasteiger partial charge in [-0.25, -0.2) is 0 Å². The second-order valence-electron chi connectivity index (χ2n) is 3.12. The topological polar surface area (TPSA) is 17.1 Å². The van der Waals surface area contributed by atoms with Crippen LogP contribution in [-0.2, 0) is 11.2 Å². The lowest BCUT2D eigenvalue weighted by atomic mass is 10.1. The second kappa shape index (κ2) is 4.61. The molecule has 0 bridgehead atoms. The van der Waals surface area contributed by atoms with E-state index in [2.05, 4.69) is 0 Å². The van der Waals surface area contributed by atoms with Crippen molar-refractivity contribution in [1.29, 1.82) is 0 Å². The summed E-state index contributed by atoms with van der Waals surface area (Å²) in [5.41, 5.74) is 2.26. The zero-order valence-electron chi connectivity index (χ0n) is 8.08. The molecule has 1 aromatic rings. The number of allylic oxidation sites excluding steroid dienone is 1. The highest BCUT2D eigenvalue weighted by atomic mass is 16.1. The number of hydrogen-bond donors (Lipinski definition) is 0. The minimum absolute atomic E-state index is 0.207. The van der Waals surface area contributed by atoms with Gasteiger partial charge in [0.2, 0.25) is 0 Å². The first kappa shape index (κ1) is 9.72. The maximum atomic E-state index is 10.8. The summed E-state index contributed by atoms with van der Waals surface area (Å²) in [4.78, 5) is 10.8. The van der Waals surface area contributed by atoms with Crippen LogP contribution in [0, 0.1) is 0 Å². The normalized spacial score (nSPS) is 10.6. The minimum Gasteiger partial charge on any atom is -0.300 e. The summed E-state index contributed by atoms with van der Waals surface area (Å²) in [5, 5.41) is 0.